The van der Waals surface area contributed by atoms with Crippen LogP contribution in [-0.4, -0.2) is 40.1 Å². The van der Waals surface area contributed by atoms with Crippen molar-refractivity contribution in [3.05, 3.63) is 28.2 Å². The first-order chi connectivity index (χ1) is 9.35. The van der Waals surface area contributed by atoms with Crippen LogP contribution in [0.15, 0.2) is 22.7 Å². The van der Waals surface area contributed by atoms with Gasteiger partial charge in [-0.15, -0.1) is 0 Å². The first kappa shape index (κ1) is 15.8. The summed E-state index contributed by atoms with van der Waals surface area (Å²) < 4.78 is 23.5. The molecule has 4 nitrogen and oxygen atoms in total. The van der Waals surface area contributed by atoms with Crippen molar-refractivity contribution in [3.63, 3.8) is 0 Å². The molecular weight excluding hydrogens is 340 g/mol. The van der Waals surface area contributed by atoms with Gasteiger partial charge in [0.2, 0.25) is 0 Å². The van der Waals surface area contributed by atoms with Crippen LogP contribution in [0.1, 0.15) is 18.4 Å². The topological polar surface area (TPSA) is 49.4 Å². The van der Waals surface area contributed by atoms with Crippen molar-refractivity contribution >= 4 is 31.5 Å². The van der Waals surface area contributed by atoms with Crippen LogP contribution in [-0.2, 0) is 16.4 Å². The van der Waals surface area contributed by atoms with Gasteiger partial charge in [0.15, 0.2) is 0 Å². The molecular formula is C14H21BrN2O2S. The Morgan fingerprint density at radius 2 is 2.10 bits per heavy atom. The second kappa shape index (κ2) is 6.45. The predicted molar refractivity (Wildman–Crippen MR) is 87.0 cm³/mol. The molecule has 0 radical (unpaired) electrons. The summed E-state index contributed by atoms with van der Waals surface area (Å²) in [6, 6.07) is 6.87. The van der Waals surface area contributed by atoms with Gasteiger partial charge in [0.1, 0.15) is 9.84 Å². The molecule has 0 bridgehead atoms. The highest BCUT2D eigenvalue weighted by Gasteiger charge is 2.20. The van der Waals surface area contributed by atoms with Gasteiger partial charge >= 0.3 is 0 Å². The summed E-state index contributed by atoms with van der Waals surface area (Å²) in [6.45, 7) is 1.38. The molecule has 0 aliphatic heterocycles. The SMILES string of the molecule is CN(CCS(C)(=O)=O)c1ccc(CNC2CC2)c(Br)c1. The molecule has 6 heteroatoms. The molecule has 1 aromatic carbocycles. The average molecular weight is 361 g/mol. The molecule has 1 N–H and O–H groups in total. The Kier molecular flexibility index (Phi) is 5.09. The Hall–Kier alpha value is -0.590. The molecule has 0 amide bonds. The first-order valence-electron chi connectivity index (χ1n) is 6.76. The van der Waals surface area contributed by atoms with E-state index >= 15 is 0 Å². The summed E-state index contributed by atoms with van der Waals surface area (Å²) in [5.41, 5.74) is 2.26. The summed E-state index contributed by atoms with van der Waals surface area (Å²) in [6.07, 6.45) is 3.83. The Morgan fingerprint density at radius 3 is 2.65 bits per heavy atom. The molecule has 1 fully saturated rings. The normalized spacial score (nSPS) is 15.3. The third-order valence-electron chi connectivity index (χ3n) is 3.43. The minimum Gasteiger partial charge on any atom is -0.374 e. The number of hydrogen-bond donors (Lipinski definition) is 1. The maximum atomic E-state index is 11.2. The van der Waals surface area contributed by atoms with Gasteiger partial charge in [-0.25, -0.2) is 8.42 Å². The Labute approximate surface area is 129 Å². The maximum absolute atomic E-state index is 11.2. The smallest absolute Gasteiger partial charge is 0.149 e. The van der Waals surface area contributed by atoms with E-state index in [9.17, 15) is 8.42 Å². The van der Waals surface area contributed by atoms with Crippen LogP contribution in [0.25, 0.3) is 0 Å². The van der Waals surface area contributed by atoms with Crippen molar-refractivity contribution in [2.24, 2.45) is 0 Å². The second-order valence-corrected chi connectivity index (χ2v) is 8.60. The van der Waals surface area contributed by atoms with Crippen molar-refractivity contribution in [1.82, 2.24) is 5.32 Å². The van der Waals surface area contributed by atoms with Crippen LogP contribution in [0, 0.1) is 0 Å². The van der Waals surface area contributed by atoms with Crippen molar-refractivity contribution in [2.45, 2.75) is 25.4 Å². The lowest BCUT2D eigenvalue weighted by Gasteiger charge is -2.20. The van der Waals surface area contributed by atoms with Gasteiger partial charge in [0.25, 0.3) is 0 Å². The summed E-state index contributed by atoms with van der Waals surface area (Å²) in [5.74, 6) is 0.173. The van der Waals surface area contributed by atoms with Gasteiger partial charge in [-0.1, -0.05) is 22.0 Å². The molecule has 0 spiro atoms. The third kappa shape index (κ3) is 5.07. The minimum absolute atomic E-state index is 0.173. The van der Waals surface area contributed by atoms with Crippen LogP contribution in [0.2, 0.25) is 0 Å². The lowest BCUT2D eigenvalue weighted by atomic mass is 10.2. The second-order valence-electron chi connectivity index (χ2n) is 5.48. The van der Waals surface area contributed by atoms with Gasteiger partial charge in [-0.05, 0) is 30.5 Å². The largest absolute Gasteiger partial charge is 0.374 e. The average Bonchev–Trinajstić information content (AvgIpc) is 3.17. The van der Waals surface area contributed by atoms with Gasteiger partial charge in [-0.3, -0.25) is 0 Å². The monoisotopic (exact) mass is 360 g/mol. The third-order valence-corrected chi connectivity index (χ3v) is 5.10. The van der Waals surface area contributed by atoms with Crippen LogP contribution >= 0.6 is 15.9 Å². The van der Waals surface area contributed by atoms with Gasteiger partial charge < -0.3 is 10.2 Å². The van der Waals surface area contributed by atoms with Crippen molar-refractivity contribution in [3.8, 4) is 0 Å². The van der Waals surface area contributed by atoms with E-state index in [4.69, 9.17) is 0 Å². The molecule has 0 unspecified atom stereocenters. The quantitative estimate of drug-likeness (QED) is 0.809. The maximum Gasteiger partial charge on any atom is 0.149 e. The van der Waals surface area contributed by atoms with Gasteiger partial charge in [-0.2, -0.15) is 0 Å². The van der Waals surface area contributed by atoms with E-state index in [2.05, 4.69) is 27.3 Å². The highest BCUT2D eigenvalue weighted by atomic mass is 79.9. The Bertz CT molecular complexity index is 571. The standard InChI is InChI=1S/C14H21BrN2O2S/c1-17(7-8-20(2,18)19)13-6-3-11(14(15)9-13)10-16-12-4-5-12/h3,6,9,12,16H,4-5,7-8,10H2,1-2H3. The van der Waals surface area contributed by atoms with E-state index in [1.165, 1.54) is 24.7 Å². The van der Waals surface area contributed by atoms with Crippen LogP contribution < -0.4 is 10.2 Å². The molecule has 2 rings (SSSR count). The summed E-state index contributed by atoms with van der Waals surface area (Å²) in [7, 11) is -1.01. The number of benzene rings is 1. The lowest BCUT2D eigenvalue weighted by molar-refractivity contribution is 0.601. The number of nitrogens with one attached hydrogen (secondary N) is 1. The van der Waals surface area contributed by atoms with Crippen LogP contribution in [0.5, 0.6) is 0 Å². The number of hydrogen-bond acceptors (Lipinski definition) is 4. The molecule has 1 aromatic rings. The molecule has 112 valence electrons. The van der Waals surface area contributed by atoms with E-state index in [1.54, 1.807) is 0 Å². The summed E-state index contributed by atoms with van der Waals surface area (Å²) in [5, 5.41) is 3.48. The summed E-state index contributed by atoms with van der Waals surface area (Å²) in [4.78, 5) is 1.96. The molecule has 0 saturated heterocycles. The Morgan fingerprint density at radius 1 is 1.40 bits per heavy atom. The minimum atomic E-state index is -2.92. The molecule has 0 aromatic heterocycles. The predicted octanol–water partition coefficient (Wildman–Crippen LogP) is 2.18. The fourth-order valence-corrected chi connectivity index (χ4v) is 3.00. The molecule has 20 heavy (non-hydrogen) atoms. The highest BCUT2D eigenvalue weighted by Crippen LogP contribution is 2.25. The van der Waals surface area contributed by atoms with E-state index in [0.717, 1.165) is 16.7 Å². The van der Waals surface area contributed by atoms with E-state index in [0.29, 0.717) is 12.6 Å². The van der Waals surface area contributed by atoms with E-state index < -0.39 is 9.84 Å². The van der Waals surface area contributed by atoms with Crippen molar-refractivity contribution < 1.29 is 8.42 Å². The molecule has 0 heterocycles. The molecule has 1 saturated carbocycles. The van der Waals surface area contributed by atoms with Crippen LogP contribution in [0.3, 0.4) is 0 Å². The zero-order chi connectivity index (χ0) is 14.8. The number of halogens is 1. The first-order valence-corrected chi connectivity index (χ1v) is 9.61. The fraction of sp³-hybridized carbons (Fsp3) is 0.571. The molecule has 1 aliphatic carbocycles. The van der Waals surface area contributed by atoms with E-state index in [1.807, 2.05) is 24.1 Å². The number of rotatable bonds is 7. The van der Waals surface area contributed by atoms with Crippen LogP contribution in [0.4, 0.5) is 5.69 Å². The summed E-state index contributed by atoms with van der Waals surface area (Å²) >= 11 is 3.59. The fourth-order valence-electron chi connectivity index (χ4n) is 1.89. The number of anilines is 1. The highest BCUT2D eigenvalue weighted by molar-refractivity contribution is 9.10. The van der Waals surface area contributed by atoms with E-state index in [-0.39, 0.29) is 5.75 Å². The van der Waals surface area contributed by atoms with Gasteiger partial charge in [0, 0.05) is 42.6 Å². The lowest BCUT2D eigenvalue weighted by Crippen LogP contribution is -2.25. The zero-order valence-corrected chi connectivity index (χ0v) is 14.3. The zero-order valence-electron chi connectivity index (χ0n) is 11.9. The number of nitrogens with zero attached hydrogens (tertiary/aromatic N) is 1. The molecule has 1 aliphatic rings. The van der Waals surface area contributed by atoms with Gasteiger partial charge in [0.05, 0.1) is 5.75 Å². The van der Waals surface area contributed by atoms with Crippen molar-refractivity contribution in [1.29, 1.82) is 0 Å². The van der Waals surface area contributed by atoms with Crippen molar-refractivity contribution in [2.75, 3.05) is 30.5 Å². The number of sulfone groups is 1. The Balaban J connectivity index is 1.95. The molecule has 0 atom stereocenters.